The van der Waals surface area contributed by atoms with Crippen molar-refractivity contribution < 1.29 is 18.7 Å². The van der Waals surface area contributed by atoms with Gasteiger partial charge in [-0.25, -0.2) is 4.39 Å². The molecule has 1 N–H and O–H groups in total. The Morgan fingerprint density at radius 3 is 2.70 bits per heavy atom. The first-order chi connectivity index (χ1) is 13.1. The third kappa shape index (κ3) is 5.55. The highest BCUT2D eigenvalue weighted by Crippen LogP contribution is 2.29. The summed E-state index contributed by atoms with van der Waals surface area (Å²) in [7, 11) is 0. The number of nitrogens with one attached hydrogen (secondary N) is 1. The third-order valence-corrected chi connectivity index (χ3v) is 4.38. The summed E-state index contributed by atoms with van der Waals surface area (Å²) < 4.78 is 24.4. The first kappa shape index (κ1) is 18.9. The zero-order valence-electron chi connectivity index (χ0n) is 14.6. The molecule has 1 aliphatic rings. The number of hydrogen-bond donors (Lipinski definition) is 1. The van der Waals surface area contributed by atoms with Crippen LogP contribution in [-0.2, 0) is 11.4 Å². The summed E-state index contributed by atoms with van der Waals surface area (Å²) in [5.74, 6) is 1.18. The first-order valence-corrected chi connectivity index (χ1v) is 9.30. The van der Waals surface area contributed by atoms with Gasteiger partial charge in [-0.2, -0.15) is 5.10 Å². The maximum Gasteiger partial charge on any atom is 0.236 e. The van der Waals surface area contributed by atoms with Crippen LogP contribution in [0.15, 0.2) is 52.7 Å². The molecule has 1 saturated heterocycles. The van der Waals surface area contributed by atoms with Gasteiger partial charge in [-0.15, -0.1) is 5.10 Å². The largest absolute Gasteiger partial charge is 0.490 e. The number of thioether (sulfide) groups is 1. The lowest BCUT2D eigenvalue weighted by molar-refractivity contribution is -0.116. The van der Waals surface area contributed by atoms with E-state index in [0.717, 1.165) is 11.1 Å². The van der Waals surface area contributed by atoms with E-state index in [1.54, 1.807) is 30.5 Å². The number of amidine groups is 1. The van der Waals surface area contributed by atoms with E-state index in [0.29, 0.717) is 35.6 Å². The number of nitrogens with zero attached hydrogens (tertiary/aromatic N) is 2. The second-order valence-electron chi connectivity index (χ2n) is 5.54. The van der Waals surface area contributed by atoms with Crippen LogP contribution in [0.1, 0.15) is 18.1 Å². The molecule has 2 aromatic rings. The quantitative estimate of drug-likeness (QED) is 0.584. The predicted octanol–water partition coefficient (Wildman–Crippen LogP) is 3.36. The summed E-state index contributed by atoms with van der Waals surface area (Å²) in [5, 5.41) is 11.0. The van der Waals surface area contributed by atoms with Gasteiger partial charge in [0.1, 0.15) is 12.4 Å². The Morgan fingerprint density at radius 1 is 1.19 bits per heavy atom. The van der Waals surface area contributed by atoms with Crippen molar-refractivity contribution in [2.75, 3.05) is 12.4 Å². The molecule has 0 aliphatic carbocycles. The Kier molecular flexibility index (Phi) is 6.43. The minimum atomic E-state index is -0.281. The highest BCUT2D eigenvalue weighted by molar-refractivity contribution is 8.15. The third-order valence-electron chi connectivity index (χ3n) is 3.52. The SMILES string of the molecule is CCOc1cc(C=NN=C2NC(=O)CS2)ccc1OCc1ccc(F)cc1. The van der Waals surface area contributed by atoms with Crippen LogP contribution >= 0.6 is 11.8 Å². The average Bonchev–Trinajstić information content (AvgIpc) is 3.08. The van der Waals surface area contributed by atoms with Gasteiger partial charge in [0.05, 0.1) is 18.6 Å². The van der Waals surface area contributed by atoms with E-state index in [2.05, 4.69) is 15.5 Å². The normalized spacial score (nSPS) is 15.3. The second kappa shape index (κ2) is 9.18. The number of benzene rings is 2. The molecular weight excluding hydrogens is 369 g/mol. The fourth-order valence-corrected chi connectivity index (χ4v) is 2.89. The van der Waals surface area contributed by atoms with Gasteiger partial charge in [0, 0.05) is 0 Å². The molecule has 1 heterocycles. The lowest BCUT2D eigenvalue weighted by Crippen LogP contribution is -2.19. The molecule has 8 heteroatoms. The van der Waals surface area contributed by atoms with Gasteiger partial charge in [-0.1, -0.05) is 23.9 Å². The molecule has 6 nitrogen and oxygen atoms in total. The molecule has 2 aromatic carbocycles. The standard InChI is InChI=1S/C19H18FN3O3S/c1-2-25-17-9-14(10-21-23-19-22-18(24)12-27-19)5-8-16(17)26-11-13-3-6-15(20)7-4-13/h3-10H,2,11-12H2,1H3,(H,22,23,24). The van der Waals surface area contributed by atoms with Crippen LogP contribution < -0.4 is 14.8 Å². The maximum absolute atomic E-state index is 13.0. The Morgan fingerprint density at radius 2 is 2.00 bits per heavy atom. The number of carbonyl (C=O) groups excluding carboxylic acids is 1. The smallest absolute Gasteiger partial charge is 0.236 e. The van der Waals surface area contributed by atoms with Crippen molar-refractivity contribution in [2.24, 2.45) is 10.2 Å². The summed E-state index contributed by atoms with van der Waals surface area (Å²) in [4.78, 5) is 11.1. The summed E-state index contributed by atoms with van der Waals surface area (Å²) in [6.07, 6.45) is 1.57. The Balaban J connectivity index is 1.68. The van der Waals surface area contributed by atoms with E-state index in [4.69, 9.17) is 9.47 Å². The van der Waals surface area contributed by atoms with E-state index in [9.17, 15) is 9.18 Å². The van der Waals surface area contributed by atoms with E-state index >= 15 is 0 Å². The molecule has 1 fully saturated rings. The van der Waals surface area contributed by atoms with E-state index in [-0.39, 0.29) is 11.7 Å². The highest BCUT2D eigenvalue weighted by atomic mass is 32.2. The molecular formula is C19H18FN3O3S. The minimum absolute atomic E-state index is 0.0739. The molecule has 0 bridgehead atoms. The number of carbonyl (C=O) groups is 1. The topological polar surface area (TPSA) is 72.3 Å². The van der Waals surface area contributed by atoms with Crippen molar-refractivity contribution in [2.45, 2.75) is 13.5 Å². The van der Waals surface area contributed by atoms with Gasteiger partial charge >= 0.3 is 0 Å². The zero-order valence-corrected chi connectivity index (χ0v) is 15.5. The van der Waals surface area contributed by atoms with Crippen LogP contribution in [0.3, 0.4) is 0 Å². The van der Waals surface area contributed by atoms with Crippen LogP contribution in [0.2, 0.25) is 0 Å². The molecule has 0 radical (unpaired) electrons. The summed E-state index contributed by atoms with van der Waals surface area (Å²) >= 11 is 1.31. The van der Waals surface area contributed by atoms with E-state index in [1.807, 2.05) is 13.0 Å². The predicted molar refractivity (Wildman–Crippen MR) is 104 cm³/mol. The van der Waals surface area contributed by atoms with Crippen molar-refractivity contribution in [3.05, 3.63) is 59.4 Å². The Hall–Kier alpha value is -2.87. The fraction of sp³-hybridized carbons (Fsp3) is 0.211. The Labute approximate surface area is 160 Å². The molecule has 27 heavy (non-hydrogen) atoms. The molecule has 0 spiro atoms. The van der Waals surface area contributed by atoms with Gasteiger partial charge in [-0.05, 0) is 48.4 Å². The van der Waals surface area contributed by atoms with Crippen molar-refractivity contribution in [3.63, 3.8) is 0 Å². The molecule has 1 aliphatic heterocycles. The number of amides is 1. The molecule has 3 rings (SSSR count). The van der Waals surface area contributed by atoms with Crippen molar-refractivity contribution in [1.29, 1.82) is 0 Å². The number of rotatable bonds is 7. The average molecular weight is 387 g/mol. The lowest BCUT2D eigenvalue weighted by Gasteiger charge is -2.12. The fourth-order valence-electron chi connectivity index (χ4n) is 2.26. The molecule has 140 valence electrons. The molecule has 0 saturated carbocycles. The minimum Gasteiger partial charge on any atom is -0.490 e. The Bertz CT molecular complexity index is 869. The molecule has 0 atom stereocenters. The lowest BCUT2D eigenvalue weighted by atomic mass is 10.2. The highest BCUT2D eigenvalue weighted by Gasteiger charge is 2.16. The first-order valence-electron chi connectivity index (χ1n) is 8.32. The monoisotopic (exact) mass is 387 g/mol. The van der Waals surface area contributed by atoms with Gasteiger partial charge in [0.2, 0.25) is 5.91 Å². The number of halogens is 1. The molecule has 0 aromatic heterocycles. The van der Waals surface area contributed by atoms with Crippen LogP contribution in [0.25, 0.3) is 0 Å². The van der Waals surface area contributed by atoms with Gasteiger partial charge in [0.15, 0.2) is 16.7 Å². The maximum atomic E-state index is 13.0. The van der Waals surface area contributed by atoms with Gasteiger partial charge in [-0.3, -0.25) is 4.79 Å². The van der Waals surface area contributed by atoms with Crippen molar-refractivity contribution in [1.82, 2.24) is 5.32 Å². The van der Waals surface area contributed by atoms with E-state index < -0.39 is 0 Å². The van der Waals surface area contributed by atoms with Gasteiger partial charge < -0.3 is 14.8 Å². The second-order valence-corrected chi connectivity index (χ2v) is 6.50. The van der Waals surface area contributed by atoms with Crippen LogP contribution in [0.4, 0.5) is 4.39 Å². The van der Waals surface area contributed by atoms with Crippen LogP contribution in [0, 0.1) is 5.82 Å². The number of hydrogen-bond acceptors (Lipinski definition) is 6. The van der Waals surface area contributed by atoms with Crippen LogP contribution in [-0.4, -0.2) is 29.6 Å². The summed E-state index contributed by atoms with van der Waals surface area (Å²) in [5.41, 5.74) is 1.64. The van der Waals surface area contributed by atoms with Crippen molar-refractivity contribution >= 4 is 29.1 Å². The molecule has 0 unspecified atom stereocenters. The van der Waals surface area contributed by atoms with E-state index in [1.165, 1.54) is 23.9 Å². The summed E-state index contributed by atoms with van der Waals surface area (Å²) in [6.45, 7) is 2.67. The van der Waals surface area contributed by atoms with Gasteiger partial charge in [0.25, 0.3) is 0 Å². The zero-order chi connectivity index (χ0) is 19.1. The molecule has 1 amide bonds. The number of ether oxygens (including phenoxy) is 2. The summed E-state index contributed by atoms with van der Waals surface area (Å²) in [6, 6.07) is 11.6. The van der Waals surface area contributed by atoms with Crippen molar-refractivity contribution in [3.8, 4) is 11.5 Å². The van der Waals surface area contributed by atoms with Crippen LogP contribution in [0.5, 0.6) is 11.5 Å².